The first kappa shape index (κ1) is 21.8. The number of para-hydroxylation sites is 2. The van der Waals surface area contributed by atoms with Gasteiger partial charge in [-0.2, -0.15) is 0 Å². The van der Waals surface area contributed by atoms with Crippen molar-refractivity contribution in [1.82, 2.24) is 5.32 Å². The number of carbonyl (C=O) groups is 3. The third-order valence-electron chi connectivity index (χ3n) is 5.73. The fourth-order valence-corrected chi connectivity index (χ4v) is 4.02. The quantitative estimate of drug-likeness (QED) is 0.619. The van der Waals surface area contributed by atoms with Gasteiger partial charge in [0.2, 0.25) is 17.7 Å². The number of aryl methyl sites for hydroxylation is 1. The molecule has 0 aromatic heterocycles. The predicted octanol–water partition coefficient (Wildman–Crippen LogP) is 2.45. The van der Waals surface area contributed by atoms with Crippen LogP contribution in [0.15, 0.2) is 48.5 Å². The molecule has 8 heteroatoms. The summed E-state index contributed by atoms with van der Waals surface area (Å²) in [5.74, 6) is -0.818. The molecule has 0 spiro atoms. The zero-order valence-electron chi connectivity index (χ0n) is 18.1. The molecule has 0 saturated carbocycles. The highest BCUT2D eigenvalue weighted by Crippen LogP contribution is 2.32. The van der Waals surface area contributed by atoms with Gasteiger partial charge in [-0.05, 0) is 44.0 Å². The normalized spacial score (nSPS) is 19.8. The van der Waals surface area contributed by atoms with Crippen molar-refractivity contribution in [2.45, 2.75) is 38.3 Å². The Morgan fingerprint density at radius 2 is 1.91 bits per heavy atom. The number of carbonyl (C=O) groups excluding carboxylic acids is 3. The second-order valence-electron chi connectivity index (χ2n) is 8.21. The van der Waals surface area contributed by atoms with E-state index in [1.807, 2.05) is 49.4 Å². The van der Waals surface area contributed by atoms with Gasteiger partial charge in [0.25, 0.3) is 0 Å². The Labute approximate surface area is 187 Å². The van der Waals surface area contributed by atoms with E-state index in [0.717, 1.165) is 25.0 Å². The molecule has 168 valence electrons. The van der Waals surface area contributed by atoms with Crippen LogP contribution >= 0.6 is 0 Å². The number of nitrogens with zero attached hydrogens (tertiary/aromatic N) is 1. The molecule has 3 N–H and O–H groups in total. The van der Waals surface area contributed by atoms with Crippen molar-refractivity contribution in [3.8, 4) is 0 Å². The Hall–Kier alpha value is -3.39. The molecule has 32 heavy (non-hydrogen) atoms. The van der Waals surface area contributed by atoms with Crippen molar-refractivity contribution in [2.75, 3.05) is 35.2 Å². The van der Waals surface area contributed by atoms with Crippen LogP contribution < -0.4 is 20.9 Å². The predicted molar refractivity (Wildman–Crippen MR) is 123 cm³/mol. The molecule has 0 bridgehead atoms. The number of hydrogen-bond donors (Lipinski definition) is 3. The number of anilines is 3. The highest BCUT2D eigenvalue weighted by molar-refractivity contribution is 6.07. The van der Waals surface area contributed by atoms with E-state index in [0.29, 0.717) is 23.6 Å². The van der Waals surface area contributed by atoms with Gasteiger partial charge in [0.05, 0.1) is 30.4 Å². The second kappa shape index (κ2) is 9.82. The Balaban J connectivity index is 1.46. The molecule has 2 aromatic rings. The van der Waals surface area contributed by atoms with Gasteiger partial charge in [-0.15, -0.1) is 0 Å². The number of ether oxygens (including phenoxy) is 1. The van der Waals surface area contributed by atoms with E-state index < -0.39 is 6.04 Å². The Morgan fingerprint density at radius 3 is 2.66 bits per heavy atom. The van der Waals surface area contributed by atoms with Crippen molar-refractivity contribution in [3.05, 3.63) is 54.1 Å². The summed E-state index contributed by atoms with van der Waals surface area (Å²) in [6.45, 7) is 3.11. The average molecular weight is 437 g/mol. The standard InChI is InChI=1S/C24H28N4O4/c1-16-8-10-17(11-9-16)26-22(29)13-21-24(31)27-19-6-2-3-7-20(19)28(21)15-23(30)25-14-18-5-4-12-32-18/h2-3,6-11,18,21H,4-5,12-15H2,1H3,(H,25,30)(H,26,29)(H,27,31)/t18-,21-/m1/s1. The summed E-state index contributed by atoms with van der Waals surface area (Å²) in [6, 6.07) is 13.9. The molecule has 2 heterocycles. The summed E-state index contributed by atoms with van der Waals surface area (Å²) in [5, 5.41) is 8.59. The largest absolute Gasteiger partial charge is 0.376 e. The number of rotatable bonds is 7. The molecule has 2 aliphatic rings. The van der Waals surface area contributed by atoms with Crippen LogP contribution in [0.1, 0.15) is 24.8 Å². The van der Waals surface area contributed by atoms with Crippen LogP contribution in [0, 0.1) is 6.92 Å². The van der Waals surface area contributed by atoms with E-state index >= 15 is 0 Å². The zero-order valence-corrected chi connectivity index (χ0v) is 18.1. The third kappa shape index (κ3) is 5.26. The van der Waals surface area contributed by atoms with Crippen molar-refractivity contribution >= 4 is 34.8 Å². The van der Waals surface area contributed by atoms with Gasteiger partial charge in [0.1, 0.15) is 6.04 Å². The Morgan fingerprint density at radius 1 is 1.12 bits per heavy atom. The molecule has 0 aliphatic carbocycles. The maximum absolute atomic E-state index is 12.9. The smallest absolute Gasteiger partial charge is 0.247 e. The van der Waals surface area contributed by atoms with Crippen molar-refractivity contribution in [3.63, 3.8) is 0 Å². The summed E-state index contributed by atoms with van der Waals surface area (Å²) >= 11 is 0. The first-order valence-corrected chi connectivity index (χ1v) is 10.9. The molecule has 8 nitrogen and oxygen atoms in total. The van der Waals surface area contributed by atoms with E-state index in [-0.39, 0.29) is 36.8 Å². The van der Waals surface area contributed by atoms with Crippen LogP contribution in [0.2, 0.25) is 0 Å². The molecule has 0 radical (unpaired) electrons. The first-order chi connectivity index (χ1) is 15.5. The Bertz CT molecular complexity index is 986. The maximum Gasteiger partial charge on any atom is 0.247 e. The van der Waals surface area contributed by atoms with Crippen LogP contribution in [0.4, 0.5) is 17.1 Å². The first-order valence-electron chi connectivity index (χ1n) is 10.9. The van der Waals surface area contributed by atoms with Gasteiger partial charge < -0.3 is 25.6 Å². The van der Waals surface area contributed by atoms with Crippen LogP contribution in [-0.2, 0) is 19.1 Å². The lowest BCUT2D eigenvalue weighted by Gasteiger charge is -2.37. The molecule has 1 fully saturated rings. The monoisotopic (exact) mass is 436 g/mol. The summed E-state index contributed by atoms with van der Waals surface area (Å²) in [7, 11) is 0. The fourth-order valence-electron chi connectivity index (χ4n) is 4.02. The van der Waals surface area contributed by atoms with Gasteiger partial charge in [-0.1, -0.05) is 29.8 Å². The molecular formula is C24H28N4O4. The van der Waals surface area contributed by atoms with Crippen molar-refractivity contribution in [2.24, 2.45) is 0 Å². The van der Waals surface area contributed by atoms with E-state index in [4.69, 9.17) is 4.74 Å². The van der Waals surface area contributed by atoms with Crippen LogP contribution in [0.5, 0.6) is 0 Å². The van der Waals surface area contributed by atoms with Gasteiger partial charge in [-0.3, -0.25) is 14.4 Å². The highest BCUT2D eigenvalue weighted by atomic mass is 16.5. The molecule has 4 rings (SSSR count). The summed E-state index contributed by atoms with van der Waals surface area (Å²) in [5.41, 5.74) is 3.09. The maximum atomic E-state index is 12.9. The minimum Gasteiger partial charge on any atom is -0.376 e. The van der Waals surface area contributed by atoms with Gasteiger partial charge in [0, 0.05) is 18.8 Å². The summed E-state index contributed by atoms with van der Waals surface area (Å²) in [4.78, 5) is 40.0. The topological polar surface area (TPSA) is 99.8 Å². The van der Waals surface area contributed by atoms with Crippen LogP contribution in [-0.4, -0.2) is 49.6 Å². The second-order valence-corrected chi connectivity index (χ2v) is 8.21. The SMILES string of the molecule is Cc1ccc(NC(=O)C[C@@H]2C(=O)Nc3ccccc3N2CC(=O)NC[C@H]2CCCO2)cc1. The fraction of sp³-hybridized carbons (Fsp3) is 0.375. The highest BCUT2D eigenvalue weighted by Gasteiger charge is 2.35. The van der Waals surface area contributed by atoms with Crippen molar-refractivity contribution in [1.29, 1.82) is 0 Å². The van der Waals surface area contributed by atoms with Gasteiger partial charge in [0.15, 0.2) is 0 Å². The minimum absolute atomic E-state index is 0.0281. The number of fused-ring (bicyclic) bond motifs is 1. The molecule has 1 saturated heterocycles. The lowest BCUT2D eigenvalue weighted by molar-refractivity contribution is -0.123. The molecule has 2 aliphatic heterocycles. The van der Waals surface area contributed by atoms with Crippen LogP contribution in [0.3, 0.4) is 0 Å². The van der Waals surface area contributed by atoms with E-state index in [9.17, 15) is 14.4 Å². The van der Waals surface area contributed by atoms with E-state index in [1.165, 1.54) is 0 Å². The number of hydrogen-bond acceptors (Lipinski definition) is 5. The number of amides is 3. The van der Waals surface area contributed by atoms with Gasteiger partial charge >= 0.3 is 0 Å². The molecule has 0 unspecified atom stereocenters. The average Bonchev–Trinajstić information content (AvgIpc) is 3.30. The molecule has 2 aromatic carbocycles. The number of benzene rings is 2. The Kier molecular flexibility index (Phi) is 6.70. The van der Waals surface area contributed by atoms with Gasteiger partial charge in [-0.25, -0.2) is 0 Å². The number of nitrogens with one attached hydrogen (secondary N) is 3. The summed E-state index contributed by atoms with van der Waals surface area (Å²) in [6.07, 6.45) is 1.88. The van der Waals surface area contributed by atoms with Crippen molar-refractivity contribution < 1.29 is 19.1 Å². The minimum atomic E-state index is -0.802. The lowest BCUT2D eigenvalue weighted by atomic mass is 10.0. The molecule has 3 amide bonds. The third-order valence-corrected chi connectivity index (χ3v) is 5.73. The van der Waals surface area contributed by atoms with E-state index in [1.54, 1.807) is 11.0 Å². The molecule has 2 atom stereocenters. The zero-order chi connectivity index (χ0) is 22.5. The molecular weight excluding hydrogens is 408 g/mol. The van der Waals surface area contributed by atoms with E-state index in [2.05, 4.69) is 16.0 Å². The lowest BCUT2D eigenvalue weighted by Crippen LogP contribution is -2.53. The van der Waals surface area contributed by atoms with Crippen LogP contribution in [0.25, 0.3) is 0 Å². The summed E-state index contributed by atoms with van der Waals surface area (Å²) < 4.78 is 5.56.